The molecule has 0 aliphatic heterocycles. The lowest BCUT2D eigenvalue weighted by Crippen LogP contribution is -2.10. The number of benzene rings is 1. The molecule has 0 spiro atoms. The Labute approximate surface area is 116 Å². The van der Waals surface area contributed by atoms with Gasteiger partial charge in [0.25, 0.3) is 0 Å². The second-order valence-electron chi connectivity index (χ2n) is 4.62. The van der Waals surface area contributed by atoms with E-state index in [0.29, 0.717) is 6.42 Å². The molecule has 0 heterocycles. The average molecular weight is 298 g/mol. The molecule has 0 bridgehead atoms. The normalized spacial score (nSPS) is 17.7. The van der Waals surface area contributed by atoms with Crippen molar-refractivity contribution in [2.75, 3.05) is 13.8 Å². The summed E-state index contributed by atoms with van der Waals surface area (Å²) in [5.41, 5.74) is 0.861. The first-order chi connectivity index (χ1) is 8.90. The molecule has 1 aromatic rings. The van der Waals surface area contributed by atoms with E-state index in [1.807, 2.05) is 50.8 Å². The molecule has 0 fully saturated rings. The van der Waals surface area contributed by atoms with E-state index >= 15 is 0 Å². The highest BCUT2D eigenvalue weighted by Gasteiger charge is 2.35. The molecule has 3 unspecified atom stereocenters. The summed E-state index contributed by atoms with van der Waals surface area (Å²) in [4.78, 5) is 0. The van der Waals surface area contributed by atoms with Crippen LogP contribution in [-0.4, -0.2) is 31.9 Å². The number of hydrogen-bond acceptors (Lipinski definition) is 2. The minimum atomic E-state index is -2.78. The molecule has 0 amide bonds. The molecule has 3 atom stereocenters. The summed E-state index contributed by atoms with van der Waals surface area (Å²) in [7, 11) is 0.763. The van der Waals surface area contributed by atoms with E-state index in [2.05, 4.69) is 11.1 Å². The van der Waals surface area contributed by atoms with E-state index in [9.17, 15) is 4.57 Å². The third kappa shape index (κ3) is 4.38. The lowest BCUT2D eigenvalue weighted by atomic mass is 10.2. The van der Waals surface area contributed by atoms with Gasteiger partial charge in [0.05, 0.1) is 17.7 Å². The van der Waals surface area contributed by atoms with Gasteiger partial charge in [-0.25, -0.2) is 4.57 Å². The van der Waals surface area contributed by atoms with Gasteiger partial charge in [-0.2, -0.15) is 4.76 Å². The van der Waals surface area contributed by atoms with Crippen LogP contribution in [0.25, 0.3) is 0 Å². The fraction of sp³-hybridized carbons (Fsp3) is 0.429. The lowest BCUT2D eigenvalue weighted by Gasteiger charge is -2.11. The predicted molar refractivity (Wildman–Crippen MR) is 87.8 cm³/mol. The van der Waals surface area contributed by atoms with Gasteiger partial charge >= 0.3 is 6.98 Å². The van der Waals surface area contributed by atoms with Crippen LogP contribution in [0.15, 0.2) is 35.1 Å². The first kappa shape index (κ1) is 16.3. The topological polar surface area (TPSA) is 38.7 Å². The molecule has 104 valence electrons. The van der Waals surface area contributed by atoms with Crippen LogP contribution in [0.1, 0.15) is 20.3 Å². The van der Waals surface area contributed by atoms with E-state index < -0.39 is 14.2 Å². The second kappa shape index (κ2) is 7.14. The van der Waals surface area contributed by atoms with E-state index in [4.69, 9.17) is 4.74 Å². The van der Waals surface area contributed by atoms with Gasteiger partial charge in [-0.1, -0.05) is 18.2 Å². The molecule has 1 rings (SSSR count). The predicted octanol–water partition coefficient (Wildman–Crippen LogP) is 3.93. The second-order valence-corrected chi connectivity index (χ2v) is 11.4. The molecule has 5 heteroatoms. The average Bonchev–Trinajstić information content (AvgIpc) is 2.39. The van der Waals surface area contributed by atoms with Crippen molar-refractivity contribution in [3.8, 4) is 0 Å². The maximum Gasteiger partial charge on any atom is 0.397 e. The monoisotopic (exact) mass is 298 g/mol. The van der Waals surface area contributed by atoms with Crippen molar-refractivity contribution in [1.82, 2.24) is 0 Å². The first-order valence-corrected chi connectivity index (χ1v) is 10.5. The Morgan fingerprint density at radius 3 is 2.53 bits per heavy atom. The number of rotatable bonds is 6. The quantitative estimate of drug-likeness (QED) is 0.589. The van der Waals surface area contributed by atoms with Crippen LogP contribution < -0.4 is 5.30 Å². The van der Waals surface area contributed by atoms with Crippen molar-refractivity contribution in [1.29, 1.82) is 0 Å². The molecule has 1 aromatic carbocycles. The Hall–Kier alpha value is -0.750. The minimum Gasteiger partial charge on any atom is -0.381 e. The summed E-state index contributed by atoms with van der Waals surface area (Å²) in [6.07, 6.45) is 4.78. The van der Waals surface area contributed by atoms with Crippen molar-refractivity contribution >= 4 is 31.5 Å². The molecule has 0 saturated heterocycles. The maximum absolute atomic E-state index is 13.1. The standard InChI is InChI=1S/C14H22NO2P2/c1-12(11-13(2)17-3)15-19(16,18(4)5)14-9-7-6-8-10-14/h6-10,13H,4,11H2,1-3,5H3/q+1. The van der Waals surface area contributed by atoms with Gasteiger partial charge in [-0.15, -0.1) is 0 Å². The molecule has 0 saturated carbocycles. The van der Waals surface area contributed by atoms with E-state index in [1.165, 1.54) is 0 Å². The van der Waals surface area contributed by atoms with Crippen LogP contribution in [0.3, 0.4) is 0 Å². The molecule has 0 aliphatic rings. The highest BCUT2D eigenvalue weighted by Crippen LogP contribution is 2.66. The molecule has 0 radical (unpaired) electrons. The number of nitrogens with zero attached hydrogens (tertiary/aromatic N) is 1. The fourth-order valence-corrected chi connectivity index (χ4v) is 5.99. The summed E-state index contributed by atoms with van der Waals surface area (Å²) < 4.78 is 22.9. The molecule has 3 nitrogen and oxygen atoms in total. The van der Waals surface area contributed by atoms with Gasteiger partial charge in [0.1, 0.15) is 6.66 Å². The zero-order chi connectivity index (χ0) is 14.5. The molecule has 0 N–H and O–H groups in total. The SMILES string of the molecule is C=[P+](C)P(=O)(N=C(C)CC(C)OC)c1ccccc1. The number of hydrogen-bond donors (Lipinski definition) is 0. The van der Waals surface area contributed by atoms with Gasteiger partial charge in [-0.3, -0.25) is 0 Å². The molecule has 0 aliphatic carbocycles. The van der Waals surface area contributed by atoms with Crippen LogP contribution in [-0.2, 0) is 9.30 Å². The van der Waals surface area contributed by atoms with Crippen LogP contribution in [0.5, 0.6) is 0 Å². The van der Waals surface area contributed by atoms with Crippen LogP contribution in [0.4, 0.5) is 0 Å². The Morgan fingerprint density at radius 1 is 1.47 bits per heavy atom. The number of ether oxygens (including phenoxy) is 1. The van der Waals surface area contributed by atoms with Gasteiger partial charge < -0.3 is 4.74 Å². The van der Waals surface area contributed by atoms with Gasteiger partial charge in [0, 0.05) is 19.2 Å². The Morgan fingerprint density at radius 2 is 2.05 bits per heavy atom. The largest absolute Gasteiger partial charge is 0.397 e. The van der Waals surface area contributed by atoms with Crippen LogP contribution in [0.2, 0.25) is 0 Å². The summed E-state index contributed by atoms with van der Waals surface area (Å²) in [6, 6.07) is 9.45. The van der Waals surface area contributed by atoms with Crippen molar-refractivity contribution in [2.45, 2.75) is 26.4 Å². The minimum absolute atomic E-state index is 0.0841. The Balaban J connectivity index is 3.12. The summed E-state index contributed by atoms with van der Waals surface area (Å²) >= 11 is 0. The number of methoxy groups -OCH3 is 1. The van der Waals surface area contributed by atoms with Crippen molar-refractivity contribution < 1.29 is 9.30 Å². The maximum atomic E-state index is 13.1. The summed E-state index contributed by atoms with van der Waals surface area (Å²) in [6.45, 7) is 3.02. The Bertz CT molecular complexity index is 511. The Kier molecular flexibility index (Phi) is 6.13. The van der Waals surface area contributed by atoms with Crippen molar-refractivity contribution in [2.24, 2.45) is 4.76 Å². The highest BCUT2D eigenvalue weighted by atomic mass is 32.1. The molecular weight excluding hydrogens is 276 g/mol. The smallest absolute Gasteiger partial charge is 0.381 e. The summed E-state index contributed by atoms with van der Waals surface area (Å²) in [5.74, 6) is 0. The fourth-order valence-electron chi connectivity index (χ4n) is 1.72. The van der Waals surface area contributed by atoms with Gasteiger partial charge in [-0.05, 0) is 26.0 Å². The van der Waals surface area contributed by atoms with Crippen molar-refractivity contribution in [3.05, 3.63) is 30.3 Å². The zero-order valence-electron chi connectivity index (χ0n) is 12.0. The van der Waals surface area contributed by atoms with Gasteiger partial charge in [0.15, 0.2) is 7.23 Å². The first-order valence-electron chi connectivity index (χ1n) is 6.19. The summed E-state index contributed by atoms with van der Waals surface area (Å²) in [5, 5.41) is 0.794. The third-order valence-corrected chi connectivity index (χ3v) is 9.09. The third-order valence-electron chi connectivity index (χ3n) is 2.85. The lowest BCUT2D eigenvalue weighted by molar-refractivity contribution is 0.124. The molecular formula is C14H22NO2P2+. The van der Waals surface area contributed by atoms with Crippen LogP contribution >= 0.6 is 14.2 Å². The zero-order valence-corrected chi connectivity index (χ0v) is 13.8. The molecule has 19 heavy (non-hydrogen) atoms. The van der Waals surface area contributed by atoms with Crippen molar-refractivity contribution in [3.63, 3.8) is 0 Å². The van der Waals surface area contributed by atoms with E-state index in [-0.39, 0.29) is 6.10 Å². The van der Waals surface area contributed by atoms with Gasteiger partial charge in [0.2, 0.25) is 0 Å². The van der Waals surface area contributed by atoms with E-state index in [0.717, 1.165) is 11.0 Å². The molecule has 0 aromatic heterocycles. The van der Waals surface area contributed by atoms with E-state index in [1.54, 1.807) is 7.11 Å². The van der Waals surface area contributed by atoms with Crippen LogP contribution in [0, 0.1) is 0 Å². The highest BCUT2D eigenvalue weighted by molar-refractivity contribution is 8.33.